The van der Waals surface area contributed by atoms with Gasteiger partial charge in [-0.1, -0.05) is 36.8 Å². The number of carbonyl (C=O) groups is 7. The number of hydrogen-bond donors (Lipinski definition) is 13. The summed E-state index contributed by atoms with van der Waals surface area (Å²) in [4.78, 5) is 90.9. The highest BCUT2D eigenvalue weighted by Crippen LogP contribution is 2.31. The van der Waals surface area contributed by atoms with Crippen LogP contribution in [0.4, 0.5) is 9.59 Å². The number of aliphatic hydroxyl groups is 10. The van der Waals surface area contributed by atoms with Crippen LogP contribution >= 0.6 is 0 Å². The van der Waals surface area contributed by atoms with Gasteiger partial charge in [-0.05, 0) is 57.4 Å². The third-order valence-corrected chi connectivity index (χ3v) is 16.2. The molecule has 13 N–H and O–H groups in total. The fourth-order valence-electron chi connectivity index (χ4n) is 10.9. The van der Waals surface area contributed by atoms with E-state index in [2.05, 4.69) is 21.9 Å². The lowest BCUT2D eigenvalue weighted by Gasteiger charge is -2.45. The summed E-state index contributed by atoms with van der Waals surface area (Å²) in [6.07, 6.45) is -27.3. The Balaban J connectivity index is 1.06. The summed E-state index contributed by atoms with van der Waals surface area (Å²) < 4.78 is 66.7. The van der Waals surface area contributed by atoms with Crippen molar-refractivity contribution in [2.24, 2.45) is 5.92 Å². The maximum absolute atomic E-state index is 13.9. The standard InChI is InChI=1S/C61H90N4O29/c1-5-7-10-20-40(67)64-34(26-32-17-11-8-12-18-32)35(66)27-33(55(80)85-6-2)19-13-15-24-63-61(82)94-54-46(73)39(31-87-57-49(76)47(74)43(70)36(90-57)28-83-3)92-59(52(54)79)88-29-37-44(71)48(75)50(77)58(91-37)86-30-38-45(72)53(51(78)56(84-4)89-38)93-60(81)62-23-14-9-16-25-65-41(68)21-22-42(65)69/h1,8,11-12,17-18,21-22,33-34,36-39,43-54,56-59,70-79H,6-7,9-10,13-16,19-20,23-31H2,2-4H3,(H,62,81)(H,63,82)(H,64,67)/t33-,34-,36?,37?,38?,39?,43-,44-,45-,46-,47+,48+,49?,50?,51?,52?,53+,54+,56+,57+,58+,59+/m1/s1. The minimum Gasteiger partial charge on any atom is -0.466 e. The second-order valence-corrected chi connectivity index (χ2v) is 23.1. The van der Waals surface area contributed by atoms with Crippen molar-refractivity contribution >= 4 is 41.7 Å². The van der Waals surface area contributed by atoms with Gasteiger partial charge in [0.1, 0.15) is 85.5 Å². The Labute approximate surface area is 542 Å². The van der Waals surface area contributed by atoms with E-state index in [0.717, 1.165) is 17.6 Å². The van der Waals surface area contributed by atoms with Crippen LogP contribution in [0.1, 0.15) is 76.7 Å². The summed E-state index contributed by atoms with van der Waals surface area (Å²) in [6, 6.07) is 8.02. The van der Waals surface area contributed by atoms with Crippen LogP contribution in [0.2, 0.25) is 0 Å². The number of nitrogens with zero attached hydrogens (tertiary/aromatic N) is 1. The van der Waals surface area contributed by atoms with Crippen molar-refractivity contribution in [3.63, 3.8) is 0 Å². The van der Waals surface area contributed by atoms with Gasteiger partial charge >= 0.3 is 18.2 Å². The van der Waals surface area contributed by atoms with Gasteiger partial charge in [-0.2, -0.15) is 0 Å². The Morgan fingerprint density at radius 3 is 1.60 bits per heavy atom. The number of amides is 5. The zero-order chi connectivity index (χ0) is 68.6. The molecule has 0 radical (unpaired) electrons. The van der Waals surface area contributed by atoms with Crippen LogP contribution in [0.5, 0.6) is 0 Å². The van der Waals surface area contributed by atoms with Crippen LogP contribution in [-0.2, 0) is 87.2 Å². The normalized spacial score (nSPS) is 32.4. The fourth-order valence-corrected chi connectivity index (χ4v) is 10.9. The van der Waals surface area contributed by atoms with E-state index in [-0.39, 0.29) is 77.3 Å². The predicted octanol–water partition coefficient (Wildman–Crippen LogP) is -4.04. The molecule has 0 bridgehead atoms. The zero-order valence-corrected chi connectivity index (χ0v) is 52.4. The van der Waals surface area contributed by atoms with Crippen molar-refractivity contribution in [2.75, 3.05) is 66.9 Å². The molecule has 94 heavy (non-hydrogen) atoms. The first-order valence-corrected chi connectivity index (χ1v) is 31.2. The van der Waals surface area contributed by atoms with Gasteiger partial charge in [0, 0.05) is 65.3 Å². The third kappa shape index (κ3) is 22.0. The number of ether oxygens (including phenoxy) is 12. The number of nitrogens with one attached hydrogen (secondary N) is 3. The molecule has 5 aliphatic rings. The molecule has 0 saturated carbocycles. The van der Waals surface area contributed by atoms with Crippen molar-refractivity contribution in [1.82, 2.24) is 20.9 Å². The average Bonchev–Trinajstić information content (AvgIpc) is 0.975. The first kappa shape index (κ1) is 77.1. The van der Waals surface area contributed by atoms with Gasteiger partial charge in [0.05, 0.1) is 45.0 Å². The van der Waals surface area contributed by atoms with Gasteiger partial charge in [-0.15, -0.1) is 12.3 Å². The van der Waals surface area contributed by atoms with Gasteiger partial charge in [0.25, 0.3) is 11.8 Å². The van der Waals surface area contributed by atoms with E-state index in [9.17, 15) is 84.6 Å². The van der Waals surface area contributed by atoms with Crippen LogP contribution in [0.25, 0.3) is 0 Å². The molecule has 0 aliphatic carbocycles. The van der Waals surface area contributed by atoms with Crippen molar-refractivity contribution < 1.29 is 141 Å². The van der Waals surface area contributed by atoms with Gasteiger partial charge < -0.3 is 124 Å². The zero-order valence-electron chi connectivity index (χ0n) is 52.4. The number of imide groups is 1. The Bertz CT molecular complexity index is 2620. The molecule has 4 fully saturated rings. The maximum Gasteiger partial charge on any atom is 0.407 e. The second kappa shape index (κ2) is 38.7. The SMILES string of the molecule is C#CCCCC(=O)N[C@H](Cc1ccccc1)C(=O)C[C@@H](CCCCNC(=O)O[C@@H]1C(O)[C@@H](OCC2O[C@H](OCC3O[C@H](OC)C(O)[C@@H](OC(=O)NCCCCCN4C(=O)C=CC4=O)[C@@H]3O)C(O)[C@@H](O)[C@@H]2O)OC(CO[C@H]2OC(COC)[C@@H](O)[C@H](O)C2O)[C@H]1O)C(=O)OCC. The van der Waals surface area contributed by atoms with E-state index in [0.29, 0.717) is 32.1 Å². The van der Waals surface area contributed by atoms with Gasteiger partial charge in [-0.25, -0.2) is 9.59 Å². The van der Waals surface area contributed by atoms with E-state index < -0.39 is 190 Å². The molecular formula is C61H90N4O29. The van der Waals surface area contributed by atoms with Crippen molar-refractivity contribution in [3.8, 4) is 12.3 Å². The predicted molar refractivity (Wildman–Crippen MR) is 316 cm³/mol. The molecule has 528 valence electrons. The average molecular weight is 1340 g/mol. The smallest absolute Gasteiger partial charge is 0.407 e. The number of benzene rings is 1. The van der Waals surface area contributed by atoms with Gasteiger partial charge in [-0.3, -0.25) is 28.9 Å². The highest BCUT2D eigenvalue weighted by atomic mass is 16.8. The summed E-state index contributed by atoms with van der Waals surface area (Å²) >= 11 is 0. The molecule has 0 aromatic heterocycles. The molecule has 1 aromatic carbocycles. The number of rotatable bonds is 36. The lowest BCUT2D eigenvalue weighted by atomic mass is 9.91. The molecule has 5 heterocycles. The number of aliphatic hydroxyl groups excluding tert-OH is 10. The van der Waals surface area contributed by atoms with Crippen LogP contribution in [0, 0.1) is 18.3 Å². The number of methoxy groups -OCH3 is 2. The van der Waals surface area contributed by atoms with E-state index in [1.807, 2.05) is 0 Å². The Kier molecular flexibility index (Phi) is 31.7. The van der Waals surface area contributed by atoms with Crippen molar-refractivity contribution in [1.29, 1.82) is 0 Å². The minimum atomic E-state index is -2.07. The minimum absolute atomic E-state index is 0.0224. The number of Topliss-reactive ketones (excluding diaryl/α,β-unsaturated/α-hetero) is 1. The monoisotopic (exact) mass is 1340 g/mol. The number of alkyl carbamates (subject to hydrolysis) is 2. The summed E-state index contributed by atoms with van der Waals surface area (Å²) in [6.45, 7) is -0.761. The topological polar surface area (TPSA) is 472 Å². The molecule has 33 nitrogen and oxygen atoms in total. The number of hydrogen-bond acceptors (Lipinski definition) is 29. The van der Waals surface area contributed by atoms with E-state index >= 15 is 0 Å². The summed E-state index contributed by atoms with van der Waals surface area (Å²) in [7, 11) is 2.44. The molecule has 5 amide bonds. The Hall–Kier alpha value is -5.95. The largest absolute Gasteiger partial charge is 0.466 e. The maximum atomic E-state index is 13.9. The van der Waals surface area contributed by atoms with E-state index in [1.165, 1.54) is 19.3 Å². The van der Waals surface area contributed by atoms with Crippen LogP contribution in [0.3, 0.4) is 0 Å². The number of esters is 1. The summed E-state index contributed by atoms with van der Waals surface area (Å²) in [5.74, 6) is -0.734. The quantitative estimate of drug-likeness (QED) is 0.0100. The molecular weight excluding hydrogens is 1250 g/mol. The first-order valence-electron chi connectivity index (χ1n) is 31.2. The van der Waals surface area contributed by atoms with E-state index in [4.69, 9.17) is 63.3 Å². The fraction of sp³-hybridized carbons (Fsp3) is 0.721. The van der Waals surface area contributed by atoms with E-state index in [1.54, 1.807) is 37.3 Å². The highest BCUT2D eigenvalue weighted by molar-refractivity contribution is 6.12. The Morgan fingerprint density at radius 1 is 0.596 bits per heavy atom. The summed E-state index contributed by atoms with van der Waals surface area (Å²) in [5, 5.41) is 118. The number of ketones is 1. The number of carbonyl (C=O) groups excluding carboxylic acids is 7. The van der Waals surface area contributed by atoms with Crippen molar-refractivity contribution in [3.05, 3.63) is 48.0 Å². The van der Waals surface area contributed by atoms with Gasteiger partial charge in [0.15, 0.2) is 43.2 Å². The molecule has 0 spiro atoms. The molecule has 1 aromatic rings. The highest BCUT2D eigenvalue weighted by Gasteiger charge is 2.53. The first-order chi connectivity index (χ1) is 45.0. The van der Waals surface area contributed by atoms with Crippen LogP contribution in [-0.4, -0.2) is 293 Å². The number of unbranched alkanes of at least 4 members (excludes halogenated alkanes) is 4. The lowest BCUT2D eigenvalue weighted by molar-refractivity contribution is -0.346. The molecule has 4 saturated heterocycles. The lowest BCUT2D eigenvalue weighted by Crippen LogP contribution is -2.64. The number of terminal acetylenes is 1. The Morgan fingerprint density at radius 2 is 1.09 bits per heavy atom. The molecule has 6 rings (SSSR count). The molecule has 33 heteroatoms. The molecule has 8 unspecified atom stereocenters. The van der Waals surface area contributed by atoms with Crippen molar-refractivity contribution in [2.45, 2.75) is 206 Å². The van der Waals surface area contributed by atoms with Crippen LogP contribution in [0.15, 0.2) is 42.5 Å². The summed E-state index contributed by atoms with van der Waals surface area (Å²) in [5.41, 5.74) is 0.771. The molecule has 5 aliphatic heterocycles. The molecule has 22 atom stereocenters. The third-order valence-electron chi connectivity index (χ3n) is 16.2. The van der Waals surface area contributed by atoms with Gasteiger partial charge in [0.2, 0.25) is 5.91 Å². The van der Waals surface area contributed by atoms with Crippen LogP contribution < -0.4 is 16.0 Å². The second-order valence-electron chi connectivity index (χ2n) is 23.1.